The Labute approximate surface area is 229 Å². The number of nitrogens with one attached hydrogen (secondary N) is 1. The third-order valence-corrected chi connectivity index (χ3v) is 8.48. The van der Waals surface area contributed by atoms with Gasteiger partial charge in [-0.25, -0.2) is 4.39 Å². The van der Waals surface area contributed by atoms with Crippen molar-refractivity contribution in [2.24, 2.45) is 10.9 Å². The number of carbonyl (C=O) groups excluding carboxylic acids is 2. The lowest BCUT2D eigenvalue weighted by Gasteiger charge is -2.33. The third-order valence-electron chi connectivity index (χ3n) is 8.48. The van der Waals surface area contributed by atoms with Gasteiger partial charge in [-0.15, -0.1) is 0 Å². The average molecular weight is 534 g/mol. The van der Waals surface area contributed by atoms with Gasteiger partial charge in [0.15, 0.2) is 0 Å². The minimum Gasteiger partial charge on any atom is -0.343 e. The number of piperidine rings is 1. The van der Waals surface area contributed by atoms with Crippen LogP contribution >= 0.6 is 0 Å². The number of rotatable bonds is 6. The number of halogens is 1. The van der Waals surface area contributed by atoms with E-state index in [9.17, 15) is 14.0 Å². The first-order chi connectivity index (χ1) is 18.8. The Morgan fingerprint density at radius 1 is 1.03 bits per heavy atom. The Hall–Kier alpha value is -3.26. The summed E-state index contributed by atoms with van der Waals surface area (Å²) >= 11 is 0. The van der Waals surface area contributed by atoms with Crippen molar-refractivity contribution < 1.29 is 14.0 Å². The van der Waals surface area contributed by atoms with E-state index < -0.39 is 5.91 Å². The van der Waals surface area contributed by atoms with E-state index >= 15 is 0 Å². The summed E-state index contributed by atoms with van der Waals surface area (Å²) < 4.78 is 15.6. The fraction of sp³-hybridized carbons (Fsp3) is 0.516. The van der Waals surface area contributed by atoms with Gasteiger partial charge in [-0.3, -0.25) is 14.5 Å². The number of fused-ring (bicyclic) bond motifs is 1. The first-order valence-corrected chi connectivity index (χ1v) is 14.4. The van der Waals surface area contributed by atoms with Crippen LogP contribution < -0.4 is 5.62 Å². The van der Waals surface area contributed by atoms with Gasteiger partial charge < -0.3 is 14.5 Å². The number of H-pyrrole nitrogens is 1. The molecule has 5 rings (SSSR count). The zero-order valence-corrected chi connectivity index (χ0v) is 23.3. The van der Waals surface area contributed by atoms with E-state index in [1.54, 1.807) is 0 Å². The van der Waals surface area contributed by atoms with Crippen LogP contribution in [0.5, 0.6) is 0 Å². The SMILES string of the molecule is CC(C)N(C)C(=O)C1CCC(n2/c(=N\C(=O)c3ccc(F)cc3)[nH]c3ccc(CN4CCCCC4)cc32)CC1. The molecule has 0 spiro atoms. The monoisotopic (exact) mass is 533 g/mol. The van der Waals surface area contributed by atoms with E-state index in [1.165, 1.54) is 49.1 Å². The van der Waals surface area contributed by atoms with Crippen LogP contribution in [0.4, 0.5) is 4.39 Å². The van der Waals surface area contributed by atoms with Crippen LogP contribution in [-0.2, 0) is 11.3 Å². The van der Waals surface area contributed by atoms with E-state index in [2.05, 4.69) is 37.6 Å². The van der Waals surface area contributed by atoms with Crippen LogP contribution in [0.1, 0.15) is 80.8 Å². The molecule has 0 atom stereocenters. The second kappa shape index (κ2) is 11.9. The number of imidazole rings is 1. The molecule has 0 radical (unpaired) electrons. The lowest BCUT2D eigenvalue weighted by Crippen LogP contribution is -2.39. The summed E-state index contributed by atoms with van der Waals surface area (Å²) in [7, 11) is 1.88. The average Bonchev–Trinajstić information content (AvgIpc) is 3.30. The van der Waals surface area contributed by atoms with Crippen molar-refractivity contribution >= 4 is 22.8 Å². The van der Waals surface area contributed by atoms with E-state index in [0.29, 0.717) is 11.2 Å². The normalized spacial score (nSPS) is 21.0. The second-order valence-electron chi connectivity index (χ2n) is 11.5. The minimum absolute atomic E-state index is 0.0235. The molecule has 1 saturated heterocycles. The molecule has 1 aliphatic heterocycles. The molecule has 1 saturated carbocycles. The Bertz CT molecular complexity index is 1380. The number of amides is 2. The summed E-state index contributed by atoms with van der Waals surface area (Å²) in [6.45, 7) is 7.24. The molecule has 1 aromatic heterocycles. The first-order valence-electron chi connectivity index (χ1n) is 14.4. The molecule has 3 aromatic rings. The van der Waals surface area contributed by atoms with Gasteiger partial charge in [0.1, 0.15) is 5.82 Å². The lowest BCUT2D eigenvalue weighted by atomic mass is 9.84. The van der Waals surface area contributed by atoms with Gasteiger partial charge in [0.2, 0.25) is 11.5 Å². The van der Waals surface area contributed by atoms with E-state index in [1.807, 2.05) is 25.8 Å². The van der Waals surface area contributed by atoms with Crippen LogP contribution in [-0.4, -0.2) is 57.3 Å². The Kier molecular flexibility index (Phi) is 8.31. The number of likely N-dealkylation sites (tertiary alicyclic amines) is 1. The van der Waals surface area contributed by atoms with Gasteiger partial charge in [-0.2, -0.15) is 4.99 Å². The standard InChI is InChI=1S/C31H40FN5O2/c1-21(2)35(3)30(39)24-10-14-26(15-11-24)37-28-19-22(20-36-17-5-4-6-18-36)7-16-27(28)33-31(37)34-29(38)23-8-12-25(32)13-9-23/h7-9,12-13,16,19,21,24,26H,4-6,10-11,14-15,17-18,20H2,1-3H3,(H,33,34,38). The highest BCUT2D eigenvalue weighted by Gasteiger charge is 2.31. The smallest absolute Gasteiger partial charge is 0.280 e. The molecule has 2 amide bonds. The van der Waals surface area contributed by atoms with Crippen LogP contribution in [0.3, 0.4) is 0 Å². The van der Waals surface area contributed by atoms with E-state index in [4.69, 9.17) is 0 Å². The predicted octanol–water partition coefficient (Wildman–Crippen LogP) is 5.43. The molecule has 2 fully saturated rings. The minimum atomic E-state index is -0.411. The Balaban J connectivity index is 1.48. The van der Waals surface area contributed by atoms with Crippen LogP contribution in [0.25, 0.3) is 11.0 Å². The number of benzene rings is 2. The maximum Gasteiger partial charge on any atom is 0.280 e. The molecular weight excluding hydrogens is 493 g/mol. The summed E-state index contributed by atoms with van der Waals surface area (Å²) in [5, 5.41) is 0. The topological polar surface area (TPSA) is 73.7 Å². The molecule has 2 aliphatic rings. The lowest BCUT2D eigenvalue weighted by molar-refractivity contribution is -0.136. The molecule has 39 heavy (non-hydrogen) atoms. The molecule has 0 unspecified atom stereocenters. The molecular formula is C31H40FN5O2. The third kappa shape index (κ3) is 6.16. The highest BCUT2D eigenvalue weighted by Crippen LogP contribution is 2.34. The van der Waals surface area contributed by atoms with Gasteiger partial charge >= 0.3 is 0 Å². The number of aromatic nitrogens is 2. The molecule has 2 heterocycles. The number of hydrogen-bond acceptors (Lipinski definition) is 3. The summed E-state index contributed by atoms with van der Waals surface area (Å²) in [4.78, 5) is 38.3. The predicted molar refractivity (Wildman–Crippen MR) is 151 cm³/mol. The fourth-order valence-electron chi connectivity index (χ4n) is 5.98. The van der Waals surface area contributed by atoms with E-state index in [0.717, 1.165) is 56.4 Å². The molecule has 7 nitrogen and oxygen atoms in total. The van der Waals surface area contributed by atoms with Gasteiger partial charge in [0.25, 0.3) is 5.91 Å². The van der Waals surface area contributed by atoms with E-state index in [-0.39, 0.29) is 29.7 Å². The maximum absolute atomic E-state index is 13.4. The fourth-order valence-corrected chi connectivity index (χ4v) is 5.98. The van der Waals surface area contributed by atoms with Gasteiger partial charge in [-0.1, -0.05) is 12.5 Å². The van der Waals surface area contributed by atoms with Crippen molar-refractivity contribution in [1.82, 2.24) is 19.4 Å². The summed E-state index contributed by atoms with van der Waals surface area (Å²) in [5.41, 5.74) is 4.06. The second-order valence-corrected chi connectivity index (χ2v) is 11.5. The van der Waals surface area contributed by atoms with Crippen LogP contribution in [0.2, 0.25) is 0 Å². The number of hydrogen-bond donors (Lipinski definition) is 1. The summed E-state index contributed by atoms with van der Waals surface area (Å²) in [5.74, 6) is -0.558. The molecule has 8 heteroatoms. The van der Waals surface area contributed by atoms with Gasteiger partial charge in [0.05, 0.1) is 11.0 Å². The highest BCUT2D eigenvalue weighted by atomic mass is 19.1. The Morgan fingerprint density at radius 3 is 2.38 bits per heavy atom. The quantitative estimate of drug-likeness (QED) is 0.459. The number of aromatic amines is 1. The van der Waals surface area contributed by atoms with Crippen LogP contribution in [0, 0.1) is 11.7 Å². The zero-order valence-electron chi connectivity index (χ0n) is 23.3. The van der Waals surface area contributed by atoms with Crippen molar-refractivity contribution in [3.63, 3.8) is 0 Å². The summed E-state index contributed by atoms with van der Waals surface area (Å²) in [6.07, 6.45) is 7.08. The van der Waals surface area contributed by atoms with Gasteiger partial charge in [-0.05, 0) is 107 Å². The van der Waals surface area contributed by atoms with Gasteiger partial charge in [0, 0.05) is 37.2 Å². The largest absolute Gasteiger partial charge is 0.343 e. The first kappa shape index (κ1) is 27.3. The van der Waals surface area contributed by atoms with Crippen molar-refractivity contribution in [2.45, 2.75) is 77.4 Å². The Morgan fingerprint density at radius 2 is 1.72 bits per heavy atom. The number of nitrogens with zero attached hydrogens (tertiary/aromatic N) is 4. The zero-order chi connectivity index (χ0) is 27.5. The highest BCUT2D eigenvalue weighted by molar-refractivity contribution is 5.95. The molecule has 1 aliphatic carbocycles. The van der Waals surface area contributed by atoms with Crippen molar-refractivity contribution in [3.05, 3.63) is 65.0 Å². The molecule has 2 aromatic carbocycles. The van der Waals surface area contributed by atoms with Crippen molar-refractivity contribution in [1.29, 1.82) is 0 Å². The number of carbonyl (C=O) groups is 2. The maximum atomic E-state index is 13.4. The van der Waals surface area contributed by atoms with Crippen molar-refractivity contribution in [2.75, 3.05) is 20.1 Å². The molecule has 0 bridgehead atoms. The molecule has 208 valence electrons. The molecule has 1 N–H and O–H groups in total. The van der Waals surface area contributed by atoms with Crippen molar-refractivity contribution in [3.8, 4) is 0 Å². The summed E-state index contributed by atoms with van der Waals surface area (Å²) in [6, 6.07) is 12.3. The van der Waals surface area contributed by atoms with Crippen LogP contribution in [0.15, 0.2) is 47.5 Å².